The molecule has 4 nitrogen and oxygen atoms in total. The van der Waals surface area contributed by atoms with Gasteiger partial charge < -0.3 is 9.47 Å². The molecule has 5 rings (SSSR count). The standard InChI is InChI=1S/C27H29F3N4/c1-2-13-34-25(31-24-11-10-20-6-3-4-9-23(20)26(24)34)12-14-32-15-17-33(18-16-32)22-8-5-7-21(19-22)27(28,29)30/h3-11,19H,2,12-18H2,1H3. The highest BCUT2D eigenvalue weighted by atomic mass is 19.4. The van der Waals surface area contributed by atoms with Crippen LogP contribution in [0.5, 0.6) is 0 Å². The Morgan fingerprint density at radius 3 is 2.44 bits per heavy atom. The van der Waals surface area contributed by atoms with Crippen molar-refractivity contribution in [3.8, 4) is 0 Å². The molecule has 0 spiro atoms. The SMILES string of the molecule is CCCn1c(CCN2CCN(c3cccc(C(F)(F)F)c3)CC2)nc2ccc3ccccc3c21. The van der Waals surface area contributed by atoms with Crippen LogP contribution in [0.15, 0.2) is 60.7 Å². The van der Waals surface area contributed by atoms with Crippen molar-refractivity contribution in [3.05, 3.63) is 72.1 Å². The summed E-state index contributed by atoms with van der Waals surface area (Å²) >= 11 is 0. The minimum Gasteiger partial charge on any atom is -0.369 e. The quantitative estimate of drug-likeness (QED) is 0.349. The fourth-order valence-electron chi connectivity index (χ4n) is 4.97. The fourth-order valence-corrected chi connectivity index (χ4v) is 4.97. The minimum absolute atomic E-state index is 0.588. The van der Waals surface area contributed by atoms with Crippen LogP contribution in [0.25, 0.3) is 21.8 Å². The molecule has 3 aromatic carbocycles. The van der Waals surface area contributed by atoms with Crippen molar-refractivity contribution in [1.82, 2.24) is 14.5 Å². The van der Waals surface area contributed by atoms with Crippen LogP contribution in [0.2, 0.25) is 0 Å². The number of hydrogen-bond acceptors (Lipinski definition) is 3. The van der Waals surface area contributed by atoms with Gasteiger partial charge in [0.15, 0.2) is 0 Å². The van der Waals surface area contributed by atoms with Crippen LogP contribution >= 0.6 is 0 Å². The van der Waals surface area contributed by atoms with E-state index in [4.69, 9.17) is 4.98 Å². The van der Waals surface area contributed by atoms with E-state index in [-0.39, 0.29) is 0 Å². The number of imidazole rings is 1. The Labute approximate surface area is 197 Å². The van der Waals surface area contributed by atoms with Crippen molar-refractivity contribution in [2.75, 3.05) is 37.6 Å². The molecule has 1 fully saturated rings. The number of aromatic nitrogens is 2. The first kappa shape index (κ1) is 22.7. The zero-order valence-corrected chi connectivity index (χ0v) is 19.4. The maximum absolute atomic E-state index is 13.1. The lowest BCUT2D eigenvalue weighted by Gasteiger charge is -2.36. The molecule has 0 atom stereocenters. The third-order valence-corrected chi connectivity index (χ3v) is 6.72. The summed E-state index contributed by atoms with van der Waals surface area (Å²) in [6.07, 6.45) is -2.42. The summed E-state index contributed by atoms with van der Waals surface area (Å²) in [5.74, 6) is 1.11. The first-order chi connectivity index (χ1) is 16.4. The Bertz CT molecular complexity index is 1290. The molecule has 178 valence electrons. The van der Waals surface area contributed by atoms with Crippen LogP contribution < -0.4 is 4.90 Å². The smallest absolute Gasteiger partial charge is 0.369 e. The second kappa shape index (κ2) is 9.29. The number of rotatable bonds is 6. The Hall–Kier alpha value is -3.06. The van der Waals surface area contributed by atoms with Gasteiger partial charge >= 0.3 is 6.18 Å². The van der Waals surface area contributed by atoms with Gasteiger partial charge in [-0.1, -0.05) is 43.3 Å². The summed E-state index contributed by atoms with van der Waals surface area (Å²) in [7, 11) is 0. The Morgan fingerprint density at radius 2 is 1.68 bits per heavy atom. The normalized spacial score (nSPS) is 15.5. The molecule has 2 heterocycles. The van der Waals surface area contributed by atoms with E-state index in [2.05, 4.69) is 52.8 Å². The minimum atomic E-state index is -4.31. The fraction of sp³-hybridized carbons (Fsp3) is 0.370. The number of aryl methyl sites for hydroxylation is 1. The van der Waals surface area contributed by atoms with Gasteiger partial charge in [0.2, 0.25) is 0 Å². The van der Waals surface area contributed by atoms with E-state index >= 15 is 0 Å². The molecule has 0 saturated carbocycles. The Kier molecular flexibility index (Phi) is 6.21. The number of alkyl halides is 3. The molecule has 1 aromatic heterocycles. The van der Waals surface area contributed by atoms with Crippen molar-refractivity contribution >= 4 is 27.5 Å². The van der Waals surface area contributed by atoms with E-state index in [9.17, 15) is 13.2 Å². The number of hydrogen-bond donors (Lipinski definition) is 0. The third kappa shape index (κ3) is 4.49. The van der Waals surface area contributed by atoms with Crippen LogP contribution in [0.1, 0.15) is 24.7 Å². The van der Waals surface area contributed by atoms with Gasteiger partial charge in [0.05, 0.1) is 16.6 Å². The zero-order chi connectivity index (χ0) is 23.7. The first-order valence-electron chi connectivity index (χ1n) is 12.0. The molecule has 4 aromatic rings. The van der Waals surface area contributed by atoms with Gasteiger partial charge in [-0.25, -0.2) is 4.98 Å². The van der Waals surface area contributed by atoms with Crippen molar-refractivity contribution < 1.29 is 13.2 Å². The number of halogens is 3. The first-order valence-corrected chi connectivity index (χ1v) is 12.0. The summed E-state index contributed by atoms with van der Waals surface area (Å²) in [6.45, 7) is 7.10. The maximum Gasteiger partial charge on any atom is 0.416 e. The molecule has 0 N–H and O–H groups in total. The van der Waals surface area contributed by atoms with Gasteiger partial charge in [-0.05, 0) is 36.1 Å². The molecule has 0 radical (unpaired) electrons. The topological polar surface area (TPSA) is 24.3 Å². The molecule has 34 heavy (non-hydrogen) atoms. The van der Waals surface area contributed by atoms with E-state index in [1.165, 1.54) is 28.4 Å². The molecular weight excluding hydrogens is 437 g/mol. The van der Waals surface area contributed by atoms with Gasteiger partial charge in [-0.2, -0.15) is 13.2 Å². The van der Waals surface area contributed by atoms with E-state index in [0.29, 0.717) is 5.69 Å². The van der Waals surface area contributed by atoms with Crippen LogP contribution in [0, 0.1) is 0 Å². The van der Waals surface area contributed by atoms with Crippen molar-refractivity contribution in [3.63, 3.8) is 0 Å². The van der Waals surface area contributed by atoms with Crippen LogP contribution in [0.4, 0.5) is 18.9 Å². The highest BCUT2D eigenvalue weighted by Crippen LogP contribution is 2.32. The number of anilines is 1. The summed E-state index contributed by atoms with van der Waals surface area (Å²) in [5, 5.41) is 2.46. The van der Waals surface area contributed by atoms with Gasteiger partial charge in [0.1, 0.15) is 5.82 Å². The lowest BCUT2D eigenvalue weighted by Crippen LogP contribution is -2.47. The second-order valence-electron chi connectivity index (χ2n) is 8.96. The summed E-state index contributed by atoms with van der Waals surface area (Å²) in [4.78, 5) is 9.41. The largest absolute Gasteiger partial charge is 0.416 e. The van der Waals surface area contributed by atoms with Crippen LogP contribution in [-0.4, -0.2) is 47.2 Å². The van der Waals surface area contributed by atoms with Crippen LogP contribution in [-0.2, 0) is 19.1 Å². The van der Waals surface area contributed by atoms with E-state index in [0.717, 1.165) is 69.5 Å². The van der Waals surface area contributed by atoms with Crippen molar-refractivity contribution in [1.29, 1.82) is 0 Å². The van der Waals surface area contributed by atoms with Crippen molar-refractivity contribution in [2.24, 2.45) is 0 Å². The summed E-state index contributed by atoms with van der Waals surface area (Å²) in [6, 6.07) is 18.3. The number of benzene rings is 3. The Morgan fingerprint density at radius 1 is 0.882 bits per heavy atom. The molecule has 1 saturated heterocycles. The van der Waals surface area contributed by atoms with E-state index < -0.39 is 11.7 Å². The number of nitrogens with zero attached hydrogens (tertiary/aromatic N) is 4. The molecule has 7 heteroatoms. The molecular formula is C27H29F3N4. The van der Waals surface area contributed by atoms with Gasteiger partial charge in [-0.15, -0.1) is 0 Å². The highest BCUT2D eigenvalue weighted by Gasteiger charge is 2.31. The number of piperazine rings is 1. The summed E-state index contributed by atoms with van der Waals surface area (Å²) < 4.78 is 41.6. The lowest BCUT2D eigenvalue weighted by molar-refractivity contribution is -0.137. The van der Waals surface area contributed by atoms with E-state index in [1.54, 1.807) is 6.07 Å². The van der Waals surface area contributed by atoms with Crippen molar-refractivity contribution in [2.45, 2.75) is 32.5 Å². The molecule has 0 bridgehead atoms. The average Bonchev–Trinajstić information content (AvgIpc) is 3.21. The lowest BCUT2D eigenvalue weighted by atomic mass is 10.1. The second-order valence-corrected chi connectivity index (χ2v) is 8.96. The van der Waals surface area contributed by atoms with Gasteiger partial charge in [0, 0.05) is 56.8 Å². The maximum atomic E-state index is 13.1. The van der Waals surface area contributed by atoms with Crippen LogP contribution in [0.3, 0.4) is 0 Å². The number of fused-ring (bicyclic) bond motifs is 3. The van der Waals surface area contributed by atoms with E-state index in [1.807, 2.05) is 4.90 Å². The third-order valence-electron chi connectivity index (χ3n) is 6.72. The molecule has 0 unspecified atom stereocenters. The summed E-state index contributed by atoms with van der Waals surface area (Å²) in [5.41, 5.74) is 2.31. The molecule has 1 aliphatic rings. The average molecular weight is 467 g/mol. The predicted octanol–water partition coefficient (Wildman–Crippen LogP) is 5.98. The Balaban J connectivity index is 1.28. The highest BCUT2D eigenvalue weighted by molar-refractivity contribution is 6.04. The molecule has 0 amide bonds. The monoisotopic (exact) mass is 466 g/mol. The zero-order valence-electron chi connectivity index (χ0n) is 19.4. The molecule has 0 aliphatic carbocycles. The molecule has 1 aliphatic heterocycles. The predicted molar refractivity (Wildman–Crippen MR) is 131 cm³/mol. The van der Waals surface area contributed by atoms with Gasteiger partial charge in [-0.3, -0.25) is 4.90 Å². The van der Waals surface area contributed by atoms with Gasteiger partial charge in [0.25, 0.3) is 0 Å².